The second-order valence-corrected chi connectivity index (χ2v) is 8.10. The maximum absolute atomic E-state index is 6.06. The third-order valence-electron chi connectivity index (χ3n) is 5.12. The van der Waals surface area contributed by atoms with Crippen LogP contribution in [0.1, 0.15) is 23.3 Å². The van der Waals surface area contributed by atoms with Gasteiger partial charge in [0.1, 0.15) is 0 Å². The maximum atomic E-state index is 6.06. The molecule has 2 aromatic rings. The molecule has 0 bridgehead atoms. The van der Waals surface area contributed by atoms with Crippen molar-refractivity contribution in [3.63, 3.8) is 0 Å². The van der Waals surface area contributed by atoms with Crippen LogP contribution in [0.5, 0.6) is 11.5 Å². The van der Waals surface area contributed by atoms with E-state index in [4.69, 9.17) is 15.2 Å². The number of aliphatic imine (C=N–C) groups is 1. The van der Waals surface area contributed by atoms with E-state index in [0.29, 0.717) is 29.9 Å². The number of nitrogens with two attached hydrogens (primary N) is 1. The lowest BCUT2D eigenvalue weighted by atomic mass is 9.97. The molecular formula is C21H30N4O2S. The van der Waals surface area contributed by atoms with E-state index >= 15 is 0 Å². The van der Waals surface area contributed by atoms with Gasteiger partial charge < -0.3 is 20.5 Å². The predicted octanol–water partition coefficient (Wildman–Crippen LogP) is 3.08. The molecule has 1 fully saturated rings. The molecule has 1 saturated heterocycles. The number of ether oxygens (including phenoxy) is 2. The Labute approximate surface area is 171 Å². The molecule has 1 aliphatic heterocycles. The monoisotopic (exact) mass is 402 g/mol. The van der Waals surface area contributed by atoms with E-state index in [9.17, 15) is 0 Å². The first kappa shape index (κ1) is 20.5. The van der Waals surface area contributed by atoms with Crippen molar-refractivity contribution in [3.8, 4) is 11.5 Å². The number of nitrogens with zero attached hydrogens (tertiary/aromatic N) is 2. The van der Waals surface area contributed by atoms with Gasteiger partial charge in [0.15, 0.2) is 17.5 Å². The first-order valence-electron chi connectivity index (χ1n) is 9.67. The summed E-state index contributed by atoms with van der Waals surface area (Å²) in [6.45, 7) is 4.76. The van der Waals surface area contributed by atoms with Crippen LogP contribution >= 0.6 is 11.3 Å². The van der Waals surface area contributed by atoms with Gasteiger partial charge in [0, 0.05) is 18.0 Å². The van der Waals surface area contributed by atoms with Gasteiger partial charge in [-0.05, 0) is 61.0 Å². The average molecular weight is 403 g/mol. The number of guanidine groups is 1. The fourth-order valence-corrected chi connectivity index (χ4v) is 4.18. The highest BCUT2D eigenvalue weighted by atomic mass is 32.1. The number of piperidine rings is 1. The minimum Gasteiger partial charge on any atom is -0.493 e. The smallest absolute Gasteiger partial charge is 0.188 e. The highest BCUT2D eigenvalue weighted by molar-refractivity contribution is 7.09. The number of hydrogen-bond acceptors (Lipinski definition) is 5. The largest absolute Gasteiger partial charge is 0.493 e. The number of hydrogen-bond donors (Lipinski definition) is 2. The zero-order valence-corrected chi connectivity index (χ0v) is 17.5. The van der Waals surface area contributed by atoms with Crippen molar-refractivity contribution >= 4 is 17.3 Å². The summed E-state index contributed by atoms with van der Waals surface area (Å²) in [6, 6.07) is 10.1. The number of rotatable bonds is 8. The van der Waals surface area contributed by atoms with E-state index in [1.807, 2.05) is 29.5 Å². The van der Waals surface area contributed by atoms with Gasteiger partial charge >= 0.3 is 0 Å². The van der Waals surface area contributed by atoms with Crippen LogP contribution in [-0.2, 0) is 13.1 Å². The molecule has 0 saturated carbocycles. The van der Waals surface area contributed by atoms with E-state index in [1.54, 1.807) is 14.2 Å². The number of likely N-dealkylation sites (tertiary alicyclic amines) is 1. The van der Waals surface area contributed by atoms with Gasteiger partial charge in [-0.25, -0.2) is 4.99 Å². The van der Waals surface area contributed by atoms with Crippen molar-refractivity contribution in [1.29, 1.82) is 0 Å². The molecule has 3 rings (SSSR count). The van der Waals surface area contributed by atoms with Crippen molar-refractivity contribution in [3.05, 3.63) is 46.2 Å². The van der Waals surface area contributed by atoms with Gasteiger partial charge in [-0.1, -0.05) is 12.1 Å². The summed E-state index contributed by atoms with van der Waals surface area (Å²) < 4.78 is 10.6. The molecule has 0 amide bonds. The number of benzene rings is 1. The molecule has 0 atom stereocenters. The SMILES string of the molecule is COc1ccc(CN=C(N)NCC2CCN(Cc3cccs3)CC2)cc1OC. The van der Waals surface area contributed by atoms with E-state index < -0.39 is 0 Å². The molecule has 7 heteroatoms. The Kier molecular flexibility index (Phi) is 7.56. The molecule has 0 spiro atoms. The molecule has 1 aromatic heterocycles. The van der Waals surface area contributed by atoms with Gasteiger partial charge in [-0.3, -0.25) is 4.90 Å². The quantitative estimate of drug-likeness (QED) is 0.524. The van der Waals surface area contributed by atoms with Gasteiger partial charge in [0.25, 0.3) is 0 Å². The Morgan fingerprint density at radius 3 is 2.68 bits per heavy atom. The molecule has 152 valence electrons. The fourth-order valence-electron chi connectivity index (χ4n) is 3.43. The normalized spacial score (nSPS) is 16.1. The van der Waals surface area contributed by atoms with Gasteiger partial charge in [-0.15, -0.1) is 11.3 Å². The molecule has 0 aliphatic carbocycles. The zero-order valence-electron chi connectivity index (χ0n) is 16.7. The van der Waals surface area contributed by atoms with Crippen LogP contribution in [0.4, 0.5) is 0 Å². The van der Waals surface area contributed by atoms with Crippen molar-refractivity contribution in [1.82, 2.24) is 10.2 Å². The molecule has 0 radical (unpaired) electrons. The molecule has 0 unspecified atom stereocenters. The van der Waals surface area contributed by atoms with E-state index in [1.165, 1.54) is 17.7 Å². The minimum atomic E-state index is 0.496. The zero-order chi connectivity index (χ0) is 19.8. The van der Waals surface area contributed by atoms with E-state index in [-0.39, 0.29) is 0 Å². The Balaban J connectivity index is 1.40. The lowest BCUT2D eigenvalue weighted by molar-refractivity contribution is 0.179. The summed E-state index contributed by atoms with van der Waals surface area (Å²) in [5, 5.41) is 5.44. The number of thiophene rings is 1. The van der Waals surface area contributed by atoms with Crippen LogP contribution in [0, 0.1) is 5.92 Å². The van der Waals surface area contributed by atoms with Crippen molar-refractivity contribution < 1.29 is 9.47 Å². The average Bonchev–Trinajstić information content (AvgIpc) is 3.24. The molecule has 1 aliphatic rings. The topological polar surface area (TPSA) is 72.1 Å². The lowest BCUT2D eigenvalue weighted by Gasteiger charge is -2.31. The summed E-state index contributed by atoms with van der Waals surface area (Å²) >= 11 is 1.84. The van der Waals surface area contributed by atoms with Gasteiger partial charge in [0.2, 0.25) is 0 Å². The van der Waals surface area contributed by atoms with Gasteiger partial charge in [0.05, 0.1) is 20.8 Å². The molecule has 6 nitrogen and oxygen atoms in total. The summed E-state index contributed by atoms with van der Waals surface area (Å²) in [4.78, 5) is 8.44. The summed E-state index contributed by atoms with van der Waals surface area (Å²) in [5.74, 6) is 2.56. The Hall–Kier alpha value is -2.25. The third-order valence-corrected chi connectivity index (χ3v) is 5.98. The van der Waals surface area contributed by atoms with Gasteiger partial charge in [-0.2, -0.15) is 0 Å². The van der Waals surface area contributed by atoms with Crippen LogP contribution in [-0.4, -0.2) is 44.7 Å². The highest BCUT2D eigenvalue weighted by Gasteiger charge is 2.19. The third kappa shape index (κ3) is 5.87. The van der Waals surface area contributed by atoms with Crippen molar-refractivity contribution in [2.75, 3.05) is 33.9 Å². The first-order chi connectivity index (χ1) is 13.7. The van der Waals surface area contributed by atoms with Crippen molar-refractivity contribution in [2.24, 2.45) is 16.6 Å². The Morgan fingerprint density at radius 2 is 2.00 bits per heavy atom. The summed E-state index contributed by atoms with van der Waals surface area (Å²) in [7, 11) is 3.26. The van der Waals surface area contributed by atoms with E-state index in [0.717, 1.165) is 31.7 Å². The first-order valence-corrected chi connectivity index (χ1v) is 10.6. The van der Waals surface area contributed by atoms with Crippen LogP contribution in [0.3, 0.4) is 0 Å². The van der Waals surface area contributed by atoms with E-state index in [2.05, 4.69) is 32.7 Å². The second-order valence-electron chi connectivity index (χ2n) is 7.07. The Morgan fingerprint density at radius 1 is 1.21 bits per heavy atom. The summed E-state index contributed by atoms with van der Waals surface area (Å²) in [5.41, 5.74) is 7.09. The standard InChI is InChI=1S/C21H30N4O2S/c1-26-19-6-5-17(12-20(19)27-2)14-24-21(22)23-13-16-7-9-25(10-8-16)15-18-4-3-11-28-18/h3-6,11-12,16H,7-10,13-15H2,1-2H3,(H3,22,23,24). The molecule has 28 heavy (non-hydrogen) atoms. The molecule has 1 aromatic carbocycles. The van der Waals surface area contributed by atoms with Crippen LogP contribution in [0.15, 0.2) is 40.7 Å². The fraction of sp³-hybridized carbons (Fsp3) is 0.476. The van der Waals surface area contributed by atoms with Crippen LogP contribution in [0.25, 0.3) is 0 Å². The summed E-state index contributed by atoms with van der Waals surface area (Å²) in [6.07, 6.45) is 2.39. The minimum absolute atomic E-state index is 0.496. The molecule has 2 heterocycles. The lowest BCUT2D eigenvalue weighted by Crippen LogP contribution is -2.40. The maximum Gasteiger partial charge on any atom is 0.188 e. The number of nitrogens with one attached hydrogen (secondary N) is 1. The highest BCUT2D eigenvalue weighted by Crippen LogP contribution is 2.27. The second kappa shape index (κ2) is 10.3. The predicted molar refractivity (Wildman–Crippen MR) is 115 cm³/mol. The Bertz CT molecular complexity index is 756. The van der Waals surface area contributed by atoms with Crippen molar-refractivity contribution in [2.45, 2.75) is 25.9 Å². The molecule has 3 N–H and O–H groups in total. The molecular weight excluding hydrogens is 372 g/mol. The number of methoxy groups -OCH3 is 2. The van der Waals surface area contributed by atoms with Crippen LogP contribution < -0.4 is 20.5 Å². The van der Waals surface area contributed by atoms with Crippen LogP contribution in [0.2, 0.25) is 0 Å².